The molecule has 1 aliphatic heterocycles. The van der Waals surface area contributed by atoms with E-state index in [1.54, 1.807) is 23.5 Å². The summed E-state index contributed by atoms with van der Waals surface area (Å²) in [5, 5.41) is 41.2. The van der Waals surface area contributed by atoms with Gasteiger partial charge in [-0.05, 0) is 53.4 Å². The van der Waals surface area contributed by atoms with Crippen LogP contribution in [0.25, 0.3) is 10.4 Å². The second-order valence-corrected chi connectivity index (χ2v) is 9.94. The molecular formula is C25H25FO5S. The largest absolute Gasteiger partial charge is 0.390 e. The Morgan fingerprint density at radius 2 is 1.72 bits per heavy atom. The third kappa shape index (κ3) is 3.69. The van der Waals surface area contributed by atoms with Gasteiger partial charge >= 0.3 is 0 Å². The molecule has 1 saturated carbocycles. The van der Waals surface area contributed by atoms with Crippen molar-refractivity contribution in [1.29, 1.82) is 0 Å². The predicted molar refractivity (Wildman–Crippen MR) is 119 cm³/mol. The smallest absolute Gasteiger partial charge is 0.126 e. The molecule has 1 aromatic heterocycles. The summed E-state index contributed by atoms with van der Waals surface area (Å²) >= 11 is 1.64. The lowest BCUT2D eigenvalue weighted by atomic mass is 9.88. The van der Waals surface area contributed by atoms with Crippen molar-refractivity contribution in [3.8, 4) is 10.4 Å². The molecule has 1 aliphatic carbocycles. The molecule has 2 heterocycles. The van der Waals surface area contributed by atoms with Crippen molar-refractivity contribution in [3.05, 3.63) is 82.0 Å². The number of halogens is 1. The Bertz CT molecular complexity index is 1130. The maximum absolute atomic E-state index is 13.2. The number of rotatable bonds is 4. The van der Waals surface area contributed by atoms with Crippen LogP contribution in [0.2, 0.25) is 0 Å². The fraction of sp³-hybridized carbons (Fsp3) is 0.360. The van der Waals surface area contributed by atoms with E-state index in [1.165, 1.54) is 12.1 Å². The first-order valence-corrected chi connectivity index (χ1v) is 11.4. The Hall–Kier alpha value is -2.13. The molecular weight excluding hydrogens is 431 g/mol. The summed E-state index contributed by atoms with van der Waals surface area (Å²) in [6, 6.07) is 16.3. The summed E-state index contributed by atoms with van der Waals surface area (Å²) in [6.45, 7) is 2.01. The van der Waals surface area contributed by atoms with Gasteiger partial charge in [-0.1, -0.05) is 30.3 Å². The van der Waals surface area contributed by atoms with Gasteiger partial charge in [0, 0.05) is 22.6 Å². The fourth-order valence-electron chi connectivity index (χ4n) is 4.47. The Balaban J connectivity index is 1.39. The van der Waals surface area contributed by atoms with Crippen LogP contribution >= 0.6 is 11.3 Å². The van der Waals surface area contributed by atoms with E-state index in [0.717, 1.165) is 26.4 Å². The number of ether oxygens (including phenoxy) is 1. The second kappa shape index (κ2) is 8.02. The van der Waals surface area contributed by atoms with E-state index in [9.17, 15) is 24.8 Å². The number of hydrogen-bond donors (Lipinski definition) is 4. The van der Waals surface area contributed by atoms with E-state index in [1.807, 2.05) is 31.2 Å². The van der Waals surface area contributed by atoms with Crippen molar-refractivity contribution in [3.63, 3.8) is 0 Å². The van der Waals surface area contributed by atoms with Gasteiger partial charge in [0.1, 0.15) is 35.8 Å². The molecule has 5 rings (SSSR count). The maximum Gasteiger partial charge on any atom is 0.126 e. The lowest BCUT2D eigenvalue weighted by molar-refractivity contribution is -0.244. The van der Waals surface area contributed by atoms with Crippen molar-refractivity contribution >= 4 is 11.3 Å². The van der Waals surface area contributed by atoms with E-state index >= 15 is 0 Å². The molecule has 3 aromatic rings. The first kappa shape index (κ1) is 21.7. The van der Waals surface area contributed by atoms with Crippen molar-refractivity contribution in [2.75, 3.05) is 0 Å². The molecule has 0 radical (unpaired) electrons. The minimum atomic E-state index is -1.40. The molecule has 0 amide bonds. The number of aliphatic hydroxyl groups excluding tert-OH is 4. The zero-order valence-electron chi connectivity index (χ0n) is 17.5. The third-order valence-electron chi connectivity index (χ3n) is 6.60. The van der Waals surface area contributed by atoms with E-state index in [-0.39, 0.29) is 12.2 Å². The lowest BCUT2D eigenvalue weighted by Gasteiger charge is -2.41. The predicted octanol–water partition coefficient (Wildman–Crippen LogP) is 3.11. The standard InChI is InChI=1S/C25H25FO5S/c1-13-2-3-15(23-21(28)22(29)24(30)25(31-23)12-20(25)27)10-16(13)11-18-8-9-19(32-18)14-4-6-17(26)7-5-14/h2-10,20-24,27-30H,11-12H2,1H3/t20-,21-,22-,23+,24+,25?/m1/s1. The maximum atomic E-state index is 13.2. The molecule has 168 valence electrons. The summed E-state index contributed by atoms with van der Waals surface area (Å²) in [5.74, 6) is -0.261. The van der Waals surface area contributed by atoms with Crippen molar-refractivity contribution in [1.82, 2.24) is 0 Å². The third-order valence-corrected chi connectivity index (χ3v) is 7.74. The highest BCUT2D eigenvalue weighted by atomic mass is 32.1. The van der Waals surface area contributed by atoms with Gasteiger partial charge in [0.25, 0.3) is 0 Å². The number of aryl methyl sites for hydroxylation is 1. The van der Waals surface area contributed by atoms with Crippen LogP contribution in [0, 0.1) is 12.7 Å². The zero-order valence-corrected chi connectivity index (χ0v) is 18.3. The van der Waals surface area contributed by atoms with Crippen LogP contribution in [0.3, 0.4) is 0 Å². The van der Waals surface area contributed by atoms with E-state index < -0.39 is 36.1 Å². The van der Waals surface area contributed by atoms with E-state index in [2.05, 4.69) is 6.07 Å². The zero-order chi connectivity index (χ0) is 22.6. The topological polar surface area (TPSA) is 90.2 Å². The molecule has 0 bridgehead atoms. The molecule has 5 nitrogen and oxygen atoms in total. The number of thiophene rings is 1. The first-order chi connectivity index (χ1) is 15.3. The summed E-state index contributed by atoms with van der Waals surface area (Å²) in [6.07, 6.45) is -4.82. The van der Waals surface area contributed by atoms with E-state index in [4.69, 9.17) is 4.74 Å². The average molecular weight is 457 g/mol. The van der Waals surface area contributed by atoms with Crippen LogP contribution in [0.15, 0.2) is 54.6 Å². The van der Waals surface area contributed by atoms with Gasteiger partial charge in [-0.3, -0.25) is 0 Å². The number of aliphatic hydroxyl groups is 4. The van der Waals surface area contributed by atoms with Crippen LogP contribution in [-0.2, 0) is 11.2 Å². The molecule has 2 fully saturated rings. The van der Waals surface area contributed by atoms with Crippen molar-refractivity contribution < 1.29 is 29.6 Å². The number of benzene rings is 2. The minimum absolute atomic E-state index is 0.231. The highest BCUT2D eigenvalue weighted by Crippen LogP contribution is 2.52. The monoisotopic (exact) mass is 456 g/mol. The normalized spacial score (nSPS) is 31.8. The summed E-state index contributed by atoms with van der Waals surface area (Å²) in [4.78, 5) is 2.20. The Morgan fingerprint density at radius 1 is 1.00 bits per heavy atom. The van der Waals surface area contributed by atoms with Gasteiger partial charge in [-0.15, -0.1) is 11.3 Å². The minimum Gasteiger partial charge on any atom is -0.390 e. The van der Waals surface area contributed by atoms with Gasteiger partial charge < -0.3 is 25.2 Å². The molecule has 2 aliphatic rings. The second-order valence-electron chi connectivity index (χ2n) is 8.77. The Labute approximate surface area is 189 Å². The fourth-order valence-corrected chi connectivity index (χ4v) is 5.51. The van der Waals surface area contributed by atoms with Gasteiger partial charge in [-0.25, -0.2) is 4.39 Å². The molecule has 6 atom stereocenters. The molecule has 1 unspecified atom stereocenters. The molecule has 1 spiro atoms. The highest BCUT2D eigenvalue weighted by molar-refractivity contribution is 7.15. The van der Waals surface area contributed by atoms with E-state index in [0.29, 0.717) is 12.0 Å². The Kier molecular flexibility index (Phi) is 5.44. The van der Waals surface area contributed by atoms with Crippen LogP contribution < -0.4 is 0 Å². The SMILES string of the molecule is Cc1ccc([C@@H]2OC3(C[C@H]3O)[C@@H](O)[C@H](O)[C@H]2O)cc1Cc1ccc(-c2ccc(F)cc2)s1. The highest BCUT2D eigenvalue weighted by Gasteiger charge is 2.67. The number of hydrogen-bond acceptors (Lipinski definition) is 6. The quantitative estimate of drug-likeness (QED) is 0.485. The van der Waals surface area contributed by atoms with Gasteiger partial charge in [0.05, 0.1) is 6.10 Å². The lowest BCUT2D eigenvalue weighted by Crippen LogP contribution is -2.56. The molecule has 2 aromatic carbocycles. The summed E-state index contributed by atoms with van der Waals surface area (Å²) in [5.41, 5.74) is 2.58. The molecule has 32 heavy (non-hydrogen) atoms. The van der Waals surface area contributed by atoms with Crippen molar-refractivity contribution in [2.24, 2.45) is 0 Å². The first-order valence-electron chi connectivity index (χ1n) is 10.6. The summed E-state index contributed by atoms with van der Waals surface area (Å²) in [7, 11) is 0. The van der Waals surface area contributed by atoms with Crippen LogP contribution in [-0.4, -0.2) is 50.4 Å². The summed E-state index contributed by atoms with van der Waals surface area (Å²) < 4.78 is 19.2. The van der Waals surface area contributed by atoms with Crippen LogP contribution in [0.4, 0.5) is 4.39 Å². The van der Waals surface area contributed by atoms with Crippen molar-refractivity contribution in [2.45, 2.75) is 55.9 Å². The van der Waals surface area contributed by atoms with Crippen LogP contribution in [0.5, 0.6) is 0 Å². The average Bonchev–Trinajstić information content (AvgIpc) is 3.19. The van der Waals surface area contributed by atoms with Gasteiger partial charge in [0.15, 0.2) is 0 Å². The van der Waals surface area contributed by atoms with Gasteiger partial charge in [0.2, 0.25) is 0 Å². The molecule has 4 N–H and O–H groups in total. The van der Waals surface area contributed by atoms with Crippen LogP contribution in [0.1, 0.15) is 34.1 Å². The van der Waals surface area contributed by atoms with Gasteiger partial charge in [-0.2, -0.15) is 0 Å². The molecule has 7 heteroatoms. The molecule has 1 saturated heterocycles. The Morgan fingerprint density at radius 3 is 2.41 bits per heavy atom.